The normalized spacial score (nSPS) is 17.2. The van der Waals surface area contributed by atoms with Gasteiger partial charge in [0.15, 0.2) is 5.78 Å². The van der Waals surface area contributed by atoms with E-state index < -0.39 is 0 Å². The van der Waals surface area contributed by atoms with Crippen molar-refractivity contribution in [2.45, 2.75) is 26.3 Å². The van der Waals surface area contributed by atoms with Crippen molar-refractivity contribution in [3.8, 4) is 17.2 Å². The lowest BCUT2D eigenvalue weighted by atomic mass is 9.89. The summed E-state index contributed by atoms with van der Waals surface area (Å²) in [6.45, 7) is 4.50. The summed E-state index contributed by atoms with van der Waals surface area (Å²) in [4.78, 5) is 15.3. The zero-order chi connectivity index (χ0) is 20.1. The van der Waals surface area contributed by atoms with Gasteiger partial charge in [-0.3, -0.25) is 9.69 Å². The molecule has 0 aliphatic carbocycles. The fourth-order valence-corrected chi connectivity index (χ4v) is 4.03. The first kappa shape index (κ1) is 20.2. The molecular formula is C23H29NO4. The minimum absolute atomic E-state index is 0.00574. The monoisotopic (exact) mass is 383 g/mol. The summed E-state index contributed by atoms with van der Waals surface area (Å²) >= 11 is 0. The van der Waals surface area contributed by atoms with Gasteiger partial charge in [-0.1, -0.05) is 18.2 Å². The van der Waals surface area contributed by atoms with Crippen molar-refractivity contribution < 1.29 is 19.0 Å². The Morgan fingerprint density at radius 3 is 2.64 bits per heavy atom. The van der Waals surface area contributed by atoms with E-state index in [1.165, 1.54) is 0 Å². The number of hydrogen-bond acceptors (Lipinski definition) is 5. The van der Waals surface area contributed by atoms with Crippen LogP contribution in [0.15, 0.2) is 36.4 Å². The van der Waals surface area contributed by atoms with Crippen LogP contribution in [-0.2, 0) is 6.54 Å². The minimum Gasteiger partial charge on any atom is -0.497 e. The van der Waals surface area contributed by atoms with Crippen molar-refractivity contribution >= 4 is 5.78 Å². The largest absolute Gasteiger partial charge is 0.497 e. The summed E-state index contributed by atoms with van der Waals surface area (Å²) < 4.78 is 16.3. The highest BCUT2D eigenvalue weighted by molar-refractivity contribution is 5.98. The van der Waals surface area contributed by atoms with Gasteiger partial charge in [-0.15, -0.1) is 0 Å². The molecule has 1 atom stereocenters. The molecule has 0 amide bonds. The Bertz CT molecular complexity index is 833. The maximum atomic E-state index is 13.0. The quantitative estimate of drug-likeness (QED) is 0.673. The first-order chi connectivity index (χ1) is 13.6. The molecule has 28 heavy (non-hydrogen) atoms. The molecule has 1 heterocycles. The number of ether oxygens (including phenoxy) is 3. The molecule has 0 spiro atoms. The molecule has 5 nitrogen and oxygen atoms in total. The fraction of sp³-hybridized carbons (Fsp3) is 0.435. The van der Waals surface area contributed by atoms with E-state index in [1.54, 1.807) is 21.3 Å². The van der Waals surface area contributed by atoms with E-state index in [0.29, 0.717) is 0 Å². The van der Waals surface area contributed by atoms with Crippen LogP contribution in [0.3, 0.4) is 0 Å². The van der Waals surface area contributed by atoms with E-state index >= 15 is 0 Å². The highest BCUT2D eigenvalue weighted by Gasteiger charge is 2.27. The van der Waals surface area contributed by atoms with Crippen LogP contribution in [0.4, 0.5) is 0 Å². The molecule has 2 aromatic carbocycles. The summed E-state index contributed by atoms with van der Waals surface area (Å²) in [5, 5.41) is 0. The molecule has 1 fully saturated rings. The van der Waals surface area contributed by atoms with Crippen LogP contribution >= 0.6 is 0 Å². The second-order valence-corrected chi connectivity index (χ2v) is 7.26. The number of ketones is 1. The Morgan fingerprint density at radius 1 is 1.11 bits per heavy atom. The van der Waals surface area contributed by atoms with Gasteiger partial charge in [0.2, 0.25) is 0 Å². The summed E-state index contributed by atoms with van der Waals surface area (Å²) in [6.07, 6.45) is 1.93. The van der Waals surface area contributed by atoms with E-state index in [0.717, 1.165) is 66.4 Å². The maximum absolute atomic E-state index is 13.0. The molecule has 1 saturated heterocycles. The zero-order valence-electron chi connectivity index (χ0n) is 17.2. The number of carbonyl (C=O) groups excluding carboxylic acids is 1. The number of likely N-dealkylation sites (tertiary alicyclic amines) is 1. The van der Waals surface area contributed by atoms with Gasteiger partial charge in [0.05, 0.1) is 21.3 Å². The summed E-state index contributed by atoms with van der Waals surface area (Å²) in [5.74, 6) is 2.61. The third-order valence-electron chi connectivity index (χ3n) is 5.49. The molecule has 0 radical (unpaired) electrons. The molecule has 0 bridgehead atoms. The summed E-state index contributed by atoms with van der Waals surface area (Å²) in [7, 11) is 4.98. The van der Waals surface area contributed by atoms with Crippen LogP contribution in [0.1, 0.15) is 34.3 Å². The van der Waals surface area contributed by atoms with Gasteiger partial charge < -0.3 is 14.2 Å². The van der Waals surface area contributed by atoms with E-state index in [1.807, 2.05) is 37.3 Å². The molecule has 1 aliphatic rings. The third-order valence-corrected chi connectivity index (χ3v) is 5.49. The van der Waals surface area contributed by atoms with Crippen molar-refractivity contribution in [3.05, 3.63) is 53.1 Å². The number of rotatable bonds is 7. The highest BCUT2D eigenvalue weighted by atomic mass is 16.5. The fourth-order valence-electron chi connectivity index (χ4n) is 4.03. The maximum Gasteiger partial charge on any atom is 0.167 e. The number of piperidine rings is 1. The lowest BCUT2D eigenvalue weighted by molar-refractivity contribution is 0.0810. The Hall–Kier alpha value is -2.53. The second-order valence-electron chi connectivity index (χ2n) is 7.26. The van der Waals surface area contributed by atoms with Gasteiger partial charge in [0, 0.05) is 35.7 Å². The van der Waals surface area contributed by atoms with E-state index in [4.69, 9.17) is 14.2 Å². The first-order valence-electron chi connectivity index (χ1n) is 9.68. The number of benzene rings is 2. The van der Waals surface area contributed by atoms with Crippen molar-refractivity contribution in [2.24, 2.45) is 5.92 Å². The number of hydrogen-bond donors (Lipinski definition) is 0. The smallest absolute Gasteiger partial charge is 0.167 e. The van der Waals surface area contributed by atoms with Crippen molar-refractivity contribution in [2.75, 3.05) is 34.4 Å². The van der Waals surface area contributed by atoms with Gasteiger partial charge in [-0.2, -0.15) is 0 Å². The average Bonchev–Trinajstić information content (AvgIpc) is 2.74. The molecule has 3 rings (SSSR count). The Kier molecular flexibility index (Phi) is 6.57. The minimum atomic E-state index is 0.00574. The molecule has 0 aromatic heterocycles. The van der Waals surface area contributed by atoms with Crippen LogP contribution < -0.4 is 14.2 Å². The van der Waals surface area contributed by atoms with E-state index in [2.05, 4.69) is 11.0 Å². The highest BCUT2D eigenvalue weighted by Crippen LogP contribution is 2.33. The van der Waals surface area contributed by atoms with Gasteiger partial charge in [-0.05, 0) is 44.5 Å². The topological polar surface area (TPSA) is 48.0 Å². The van der Waals surface area contributed by atoms with Crippen LogP contribution in [0.25, 0.3) is 0 Å². The number of nitrogens with zero attached hydrogens (tertiary/aromatic N) is 1. The number of Topliss-reactive ketones (excluding diaryl/α,β-unsaturated/α-hetero) is 1. The second kappa shape index (κ2) is 9.11. The molecule has 1 aliphatic heterocycles. The molecule has 5 heteroatoms. The predicted molar refractivity (Wildman–Crippen MR) is 110 cm³/mol. The zero-order valence-corrected chi connectivity index (χ0v) is 17.2. The number of methoxy groups -OCH3 is 3. The average molecular weight is 383 g/mol. The van der Waals surface area contributed by atoms with Gasteiger partial charge in [0.1, 0.15) is 17.2 Å². The molecule has 0 saturated carbocycles. The van der Waals surface area contributed by atoms with Crippen molar-refractivity contribution in [1.82, 2.24) is 4.90 Å². The molecule has 150 valence electrons. The first-order valence-corrected chi connectivity index (χ1v) is 9.68. The van der Waals surface area contributed by atoms with Gasteiger partial charge in [-0.25, -0.2) is 0 Å². The van der Waals surface area contributed by atoms with Crippen LogP contribution in [0.2, 0.25) is 0 Å². The van der Waals surface area contributed by atoms with Gasteiger partial charge >= 0.3 is 0 Å². The predicted octanol–water partition coefficient (Wildman–Crippen LogP) is 4.12. The Labute approximate surface area is 167 Å². The van der Waals surface area contributed by atoms with Crippen LogP contribution in [-0.4, -0.2) is 45.1 Å². The lowest BCUT2D eigenvalue weighted by Gasteiger charge is -2.32. The standard InChI is InChI=1S/C23H29NO4/c1-16-21(27-3)11-10-19(23(16)28-4)15-24-12-6-8-18(14-24)22(25)17-7-5-9-20(13-17)26-2/h5,7,9-11,13,18H,6,8,12,14-15H2,1-4H3/t18-/m1/s1. The van der Waals surface area contributed by atoms with Crippen LogP contribution in [0, 0.1) is 12.8 Å². The summed E-state index contributed by atoms with van der Waals surface area (Å²) in [6, 6.07) is 11.5. The Morgan fingerprint density at radius 2 is 1.93 bits per heavy atom. The molecular weight excluding hydrogens is 354 g/mol. The van der Waals surface area contributed by atoms with E-state index in [9.17, 15) is 4.79 Å². The molecule has 2 aromatic rings. The van der Waals surface area contributed by atoms with Gasteiger partial charge in [0.25, 0.3) is 0 Å². The molecule has 0 N–H and O–H groups in total. The van der Waals surface area contributed by atoms with Crippen LogP contribution in [0.5, 0.6) is 17.2 Å². The summed E-state index contributed by atoms with van der Waals surface area (Å²) in [5.41, 5.74) is 2.85. The lowest BCUT2D eigenvalue weighted by Crippen LogP contribution is -2.38. The SMILES string of the molecule is COc1cccc(C(=O)[C@@H]2CCCN(Cc3ccc(OC)c(C)c3OC)C2)c1. The van der Waals surface area contributed by atoms with Crippen molar-refractivity contribution in [3.63, 3.8) is 0 Å². The van der Waals surface area contributed by atoms with Crippen molar-refractivity contribution in [1.29, 1.82) is 0 Å². The molecule has 0 unspecified atom stereocenters. The van der Waals surface area contributed by atoms with E-state index in [-0.39, 0.29) is 11.7 Å². The third kappa shape index (κ3) is 4.30. The Balaban J connectivity index is 1.73. The number of carbonyl (C=O) groups is 1.